The molecule has 132 valence electrons. The Morgan fingerprint density at radius 3 is 2.35 bits per heavy atom. The van der Waals surface area contributed by atoms with Gasteiger partial charge < -0.3 is 24.5 Å². The van der Waals surface area contributed by atoms with E-state index in [9.17, 15) is 15.1 Å². The second-order valence-electron chi connectivity index (χ2n) is 4.63. The van der Waals surface area contributed by atoms with Crippen molar-refractivity contribution in [3.63, 3.8) is 0 Å². The number of aliphatic hydroxyl groups excluding tert-OH is 1. The molecule has 7 heteroatoms. The highest BCUT2D eigenvalue weighted by atomic mass is 16.6. The Balaban J connectivity index is 5.38. The van der Waals surface area contributed by atoms with Gasteiger partial charge in [0.1, 0.15) is 6.61 Å². The number of carbonyl (C=O) groups is 1. The molecule has 0 aliphatic heterocycles. The molecule has 0 fully saturated rings. The number of aliphatic hydroxyl groups is 1. The van der Waals surface area contributed by atoms with E-state index in [-0.39, 0.29) is 26.4 Å². The second kappa shape index (κ2) is 12.8. The highest BCUT2D eigenvalue weighted by molar-refractivity contribution is 5.80. The van der Waals surface area contributed by atoms with Gasteiger partial charge in [0, 0.05) is 6.42 Å². The highest BCUT2D eigenvalue weighted by Gasteiger charge is 2.33. The molecule has 0 aromatic rings. The van der Waals surface area contributed by atoms with Crippen LogP contribution in [0.5, 0.6) is 0 Å². The van der Waals surface area contributed by atoms with E-state index in [2.05, 4.69) is 13.2 Å². The SMILES string of the molecule is C=CCO[C@@H](/C=[N+](\[O-])[C@H](CC)CO)[C@H](OCC=C)C(=O)OCC. The van der Waals surface area contributed by atoms with Crippen LogP contribution < -0.4 is 0 Å². The lowest BCUT2D eigenvalue weighted by Gasteiger charge is -2.23. The Morgan fingerprint density at radius 1 is 1.26 bits per heavy atom. The Kier molecular flexibility index (Phi) is 11.9. The first-order valence-corrected chi connectivity index (χ1v) is 7.58. The van der Waals surface area contributed by atoms with E-state index in [1.807, 2.05) is 0 Å². The van der Waals surface area contributed by atoms with E-state index >= 15 is 0 Å². The lowest BCUT2D eigenvalue weighted by atomic mass is 10.2. The molecule has 0 radical (unpaired) electrons. The minimum atomic E-state index is -1.11. The molecule has 1 N–H and O–H groups in total. The van der Waals surface area contributed by atoms with Crippen molar-refractivity contribution in [2.75, 3.05) is 26.4 Å². The molecule has 0 aromatic heterocycles. The summed E-state index contributed by atoms with van der Waals surface area (Å²) in [6.07, 6.45) is 2.52. The summed E-state index contributed by atoms with van der Waals surface area (Å²) in [7, 11) is 0. The molecule has 0 saturated heterocycles. The van der Waals surface area contributed by atoms with Gasteiger partial charge in [0.25, 0.3) is 0 Å². The third-order valence-corrected chi connectivity index (χ3v) is 2.95. The van der Waals surface area contributed by atoms with Crippen LogP contribution in [-0.2, 0) is 19.0 Å². The average molecular weight is 329 g/mol. The van der Waals surface area contributed by atoms with Gasteiger partial charge in [-0.2, -0.15) is 0 Å². The van der Waals surface area contributed by atoms with Crippen molar-refractivity contribution in [3.05, 3.63) is 30.5 Å². The normalized spacial score (nSPS) is 15.5. The summed E-state index contributed by atoms with van der Waals surface area (Å²) < 4.78 is 16.4. The van der Waals surface area contributed by atoms with Crippen LogP contribution in [0.4, 0.5) is 0 Å². The predicted molar refractivity (Wildman–Crippen MR) is 87.4 cm³/mol. The monoisotopic (exact) mass is 329 g/mol. The maximum Gasteiger partial charge on any atom is 0.338 e. The molecule has 0 spiro atoms. The van der Waals surface area contributed by atoms with Crippen LogP contribution in [0.1, 0.15) is 20.3 Å². The van der Waals surface area contributed by atoms with Gasteiger partial charge in [0.05, 0.1) is 19.8 Å². The van der Waals surface area contributed by atoms with Gasteiger partial charge in [-0.25, -0.2) is 9.53 Å². The van der Waals surface area contributed by atoms with Crippen LogP contribution in [0.15, 0.2) is 25.3 Å². The molecule has 0 bridgehead atoms. The zero-order chi connectivity index (χ0) is 17.7. The van der Waals surface area contributed by atoms with Crippen molar-refractivity contribution in [1.82, 2.24) is 0 Å². The van der Waals surface area contributed by atoms with Crippen molar-refractivity contribution >= 4 is 12.2 Å². The number of nitrogens with zero attached hydrogens (tertiary/aromatic N) is 1. The number of carbonyl (C=O) groups excluding carboxylic acids is 1. The van der Waals surface area contributed by atoms with Crippen LogP contribution >= 0.6 is 0 Å². The molecule has 0 saturated carbocycles. The van der Waals surface area contributed by atoms with Crippen LogP contribution in [-0.4, -0.2) is 66.7 Å². The molecular formula is C16H27NO6. The van der Waals surface area contributed by atoms with Gasteiger partial charge in [-0.1, -0.05) is 19.1 Å². The fourth-order valence-electron chi connectivity index (χ4n) is 1.74. The molecule has 23 heavy (non-hydrogen) atoms. The maximum atomic E-state index is 12.1. The number of rotatable bonds is 13. The number of hydrogen-bond acceptors (Lipinski definition) is 6. The fourth-order valence-corrected chi connectivity index (χ4v) is 1.74. The van der Waals surface area contributed by atoms with Gasteiger partial charge in [-0.05, 0) is 6.92 Å². The first-order chi connectivity index (χ1) is 11.0. The van der Waals surface area contributed by atoms with Crippen molar-refractivity contribution in [1.29, 1.82) is 0 Å². The summed E-state index contributed by atoms with van der Waals surface area (Å²) in [4.78, 5) is 12.1. The summed E-state index contributed by atoms with van der Waals surface area (Å²) in [6.45, 7) is 10.6. The minimum Gasteiger partial charge on any atom is -0.624 e. The standard InChI is InChI=1S/C16H27NO6/c1-5-9-22-14(11-17(20)13(7-3)12-18)15(23-10-6-2)16(19)21-8-4/h5-6,11,13-15,18H,1-2,7-10,12H2,3-4H3/b17-11-/t13-,14+,15+/m1/s1. The van der Waals surface area contributed by atoms with Crippen LogP contribution in [0.2, 0.25) is 0 Å². The van der Waals surface area contributed by atoms with E-state index in [1.54, 1.807) is 13.8 Å². The lowest BCUT2D eigenvalue weighted by Crippen LogP contribution is -2.43. The lowest BCUT2D eigenvalue weighted by molar-refractivity contribution is -0.503. The molecule has 0 rings (SSSR count). The Labute approximate surface area is 137 Å². The van der Waals surface area contributed by atoms with Crippen molar-refractivity contribution in [3.8, 4) is 0 Å². The molecule has 7 nitrogen and oxygen atoms in total. The zero-order valence-electron chi connectivity index (χ0n) is 13.8. The van der Waals surface area contributed by atoms with Gasteiger partial charge in [0.15, 0.2) is 24.5 Å². The van der Waals surface area contributed by atoms with Crippen molar-refractivity contribution in [2.45, 2.75) is 38.5 Å². The number of esters is 1. The molecule has 0 heterocycles. The fraction of sp³-hybridized carbons (Fsp3) is 0.625. The summed E-state index contributed by atoms with van der Waals surface area (Å²) in [6, 6.07) is -0.618. The average Bonchev–Trinajstić information content (AvgIpc) is 2.54. The highest BCUT2D eigenvalue weighted by Crippen LogP contribution is 2.08. The number of ether oxygens (including phenoxy) is 3. The van der Waals surface area contributed by atoms with Gasteiger partial charge in [-0.3, -0.25) is 0 Å². The summed E-state index contributed by atoms with van der Waals surface area (Å²) in [5, 5.41) is 21.3. The molecule has 0 aliphatic carbocycles. The van der Waals surface area contributed by atoms with Gasteiger partial charge in [-0.15, -0.1) is 13.2 Å². The smallest absolute Gasteiger partial charge is 0.338 e. The van der Waals surface area contributed by atoms with E-state index in [0.717, 1.165) is 0 Å². The van der Waals surface area contributed by atoms with E-state index in [1.165, 1.54) is 18.4 Å². The summed E-state index contributed by atoms with van der Waals surface area (Å²) in [5.74, 6) is -0.634. The summed E-state index contributed by atoms with van der Waals surface area (Å²) in [5.41, 5.74) is 0. The molecular weight excluding hydrogens is 302 g/mol. The van der Waals surface area contributed by atoms with Crippen LogP contribution in [0, 0.1) is 5.21 Å². The first-order valence-electron chi connectivity index (χ1n) is 7.58. The number of hydroxylamine groups is 1. The van der Waals surface area contributed by atoms with E-state index < -0.39 is 24.2 Å². The second-order valence-corrected chi connectivity index (χ2v) is 4.63. The molecule has 0 aromatic carbocycles. The largest absolute Gasteiger partial charge is 0.624 e. The quantitative estimate of drug-likeness (QED) is 0.136. The molecule has 0 aliphatic rings. The maximum absolute atomic E-state index is 12.1. The van der Waals surface area contributed by atoms with Crippen molar-refractivity contribution in [2.24, 2.45) is 0 Å². The van der Waals surface area contributed by atoms with E-state index in [4.69, 9.17) is 14.2 Å². The third-order valence-electron chi connectivity index (χ3n) is 2.95. The van der Waals surface area contributed by atoms with E-state index in [0.29, 0.717) is 11.2 Å². The van der Waals surface area contributed by atoms with Crippen LogP contribution in [0.25, 0.3) is 0 Å². The van der Waals surface area contributed by atoms with Crippen LogP contribution in [0.3, 0.4) is 0 Å². The summed E-state index contributed by atoms with van der Waals surface area (Å²) >= 11 is 0. The third kappa shape index (κ3) is 7.92. The molecule has 3 atom stereocenters. The molecule has 0 amide bonds. The first kappa shape index (κ1) is 21.3. The number of hydrogen-bond donors (Lipinski definition) is 1. The Hall–Kier alpha value is -1.70. The minimum absolute atomic E-state index is 0.0985. The van der Waals surface area contributed by atoms with Gasteiger partial charge >= 0.3 is 5.97 Å². The topological polar surface area (TPSA) is 91.1 Å². The Bertz CT molecular complexity index is 392. The Morgan fingerprint density at radius 2 is 1.87 bits per heavy atom. The predicted octanol–water partition coefficient (Wildman–Crippen LogP) is 1.04. The van der Waals surface area contributed by atoms with Gasteiger partial charge in [0.2, 0.25) is 0 Å². The zero-order valence-corrected chi connectivity index (χ0v) is 13.8. The molecule has 0 unspecified atom stereocenters. The van der Waals surface area contributed by atoms with Crippen molar-refractivity contribution < 1.29 is 28.9 Å².